The number of hydrogen-bond acceptors (Lipinski definition) is 2. The number of rotatable bonds is 3. The molecule has 13 heavy (non-hydrogen) atoms. The smallest absolute Gasteiger partial charge is 0.136 e. The van der Waals surface area contributed by atoms with E-state index in [1.54, 1.807) is 0 Å². The normalized spacial score (nSPS) is 29.7. The lowest BCUT2D eigenvalue weighted by atomic mass is 9.78. The van der Waals surface area contributed by atoms with Gasteiger partial charge >= 0.3 is 0 Å². The van der Waals surface area contributed by atoms with Gasteiger partial charge in [0.15, 0.2) is 0 Å². The molecular formula is C11H19NO. The predicted octanol–water partition coefficient (Wildman–Crippen LogP) is 1.75. The van der Waals surface area contributed by atoms with Gasteiger partial charge in [0.1, 0.15) is 5.78 Å². The van der Waals surface area contributed by atoms with Gasteiger partial charge in [-0.1, -0.05) is 6.42 Å². The summed E-state index contributed by atoms with van der Waals surface area (Å²) in [4.78, 5) is 11.7. The molecule has 1 heterocycles. The van der Waals surface area contributed by atoms with Crippen LogP contribution < -0.4 is 5.32 Å². The highest BCUT2D eigenvalue weighted by Crippen LogP contribution is 2.30. The summed E-state index contributed by atoms with van der Waals surface area (Å²) in [5.74, 6) is 1.63. The van der Waals surface area contributed by atoms with Crippen molar-refractivity contribution in [2.75, 3.05) is 13.1 Å². The van der Waals surface area contributed by atoms with E-state index in [0.717, 1.165) is 19.5 Å². The van der Waals surface area contributed by atoms with E-state index in [9.17, 15) is 4.79 Å². The fourth-order valence-corrected chi connectivity index (χ4v) is 2.28. The lowest BCUT2D eigenvalue weighted by Gasteiger charge is -2.28. The van der Waals surface area contributed by atoms with Gasteiger partial charge in [-0.05, 0) is 44.7 Å². The molecule has 0 aromatic rings. The molecule has 2 heteroatoms. The molecule has 2 rings (SSSR count). The van der Waals surface area contributed by atoms with E-state index in [1.807, 2.05) is 0 Å². The fourth-order valence-electron chi connectivity index (χ4n) is 2.28. The summed E-state index contributed by atoms with van der Waals surface area (Å²) in [6.45, 7) is 2.21. The van der Waals surface area contributed by atoms with Crippen molar-refractivity contribution in [3.05, 3.63) is 0 Å². The second-order valence-corrected chi connectivity index (χ2v) is 4.51. The Morgan fingerprint density at radius 3 is 2.62 bits per heavy atom. The zero-order valence-corrected chi connectivity index (χ0v) is 8.22. The maximum atomic E-state index is 11.7. The first-order chi connectivity index (χ1) is 6.36. The van der Waals surface area contributed by atoms with Crippen molar-refractivity contribution in [2.45, 2.75) is 38.5 Å². The summed E-state index contributed by atoms with van der Waals surface area (Å²) >= 11 is 0. The average molecular weight is 181 g/mol. The molecule has 2 fully saturated rings. The minimum atomic E-state index is 0.446. The Bertz CT molecular complexity index is 181. The summed E-state index contributed by atoms with van der Waals surface area (Å²) in [6, 6.07) is 0. The van der Waals surface area contributed by atoms with Crippen LogP contribution in [0.25, 0.3) is 0 Å². The third-order valence-corrected chi connectivity index (χ3v) is 3.45. The van der Waals surface area contributed by atoms with Crippen LogP contribution in [0.15, 0.2) is 0 Å². The molecule has 0 spiro atoms. The minimum absolute atomic E-state index is 0.446. The van der Waals surface area contributed by atoms with Crippen LogP contribution in [0.1, 0.15) is 38.5 Å². The third kappa shape index (κ3) is 2.31. The molecule has 1 unspecified atom stereocenters. The molecule has 0 bridgehead atoms. The van der Waals surface area contributed by atoms with Gasteiger partial charge in [0.25, 0.3) is 0 Å². The Morgan fingerprint density at radius 1 is 1.23 bits per heavy atom. The molecular weight excluding hydrogens is 162 g/mol. The first-order valence-corrected chi connectivity index (χ1v) is 5.59. The maximum absolute atomic E-state index is 11.7. The average Bonchev–Trinajstić information content (AvgIpc) is 2.02. The number of carbonyl (C=O) groups excluding carboxylic acids is 1. The van der Waals surface area contributed by atoms with E-state index >= 15 is 0 Å². The molecule has 74 valence electrons. The molecule has 1 saturated carbocycles. The van der Waals surface area contributed by atoms with Crippen LogP contribution in [0.2, 0.25) is 0 Å². The zero-order valence-electron chi connectivity index (χ0n) is 8.22. The van der Waals surface area contributed by atoms with Gasteiger partial charge < -0.3 is 5.32 Å². The van der Waals surface area contributed by atoms with Crippen molar-refractivity contribution < 1.29 is 4.79 Å². The quantitative estimate of drug-likeness (QED) is 0.718. The van der Waals surface area contributed by atoms with Crippen molar-refractivity contribution in [1.29, 1.82) is 0 Å². The minimum Gasteiger partial charge on any atom is -0.316 e. The second kappa shape index (κ2) is 4.23. The van der Waals surface area contributed by atoms with E-state index in [-0.39, 0.29) is 0 Å². The van der Waals surface area contributed by atoms with Gasteiger partial charge in [-0.2, -0.15) is 0 Å². The molecule has 2 aliphatic rings. The summed E-state index contributed by atoms with van der Waals surface area (Å²) in [5.41, 5.74) is 0. The Labute approximate surface area is 80.1 Å². The number of hydrogen-bond donors (Lipinski definition) is 1. The van der Waals surface area contributed by atoms with Crippen LogP contribution >= 0.6 is 0 Å². The molecule has 2 nitrogen and oxygen atoms in total. The Balaban J connectivity index is 1.72. The van der Waals surface area contributed by atoms with Crippen molar-refractivity contribution in [3.8, 4) is 0 Å². The molecule has 1 saturated heterocycles. The molecule has 1 atom stereocenters. The lowest BCUT2D eigenvalue weighted by Crippen LogP contribution is -2.33. The number of nitrogens with one attached hydrogen (secondary N) is 1. The zero-order chi connectivity index (χ0) is 9.10. The molecule has 1 N–H and O–H groups in total. The van der Waals surface area contributed by atoms with Crippen LogP contribution in [0.5, 0.6) is 0 Å². The summed E-state index contributed by atoms with van der Waals surface area (Å²) < 4.78 is 0. The summed E-state index contributed by atoms with van der Waals surface area (Å²) in [7, 11) is 0. The van der Waals surface area contributed by atoms with E-state index in [2.05, 4.69) is 5.32 Å². The summed E-state index contributed by atoms with van der Waals surface area (Å²) in [5, 5.41) is 3.36. The highest BCUT2D eigenvalue weighted by Gasteiger charge is 2.27. The van der Waals surface area contributed by atoms with E-state index < -0.39 is 0 Å². The molecule has 0 aromatic carbocycles. The topological polar surface area (TPSA) is 29.1 Å². The van der Waals surface area contributed by atoms with Gasteiger partial charge in [-0.25, -0.2) is 0 Å². The SMILES string of the molecule is O=C(CC1CCCNC1)C1CCC1. The van der Waals surface area contributed by atoms with Crippen LogP contribution in [0, 0.1) is 11.8 Å². The highest BCUT2D eigenvalue weighted by molar-refractivity contribution is 5.81. The van der Waals surface area contributed by atoms with Gasteiger partial charge in [-0.3, -0.25) is 4.79 Å². The first-order valence-electron chi connectivity index (χ1n) is 5.59. The van der Waals surface area contributed by atoms with Crippen LogP contribution in [0.4, 0.5) is 0 Å². The largest absolute Gasteiger partial charge is 0.316 e. The number of ketones is 1. The lowest BCUT2D eigenvalue weighted by molar-refractivity contribution is -0.126. The summed E-state index contributed by atoms with van der Waals surface area (Å²) in [6.07, 6.45) is 6.96. The van der Waals surface area contributed by atoms with Crippen LogP contribution in [-0.2, 0) is 4.79 Å². The third-order valence-electron chi connectivity index (χ3n) is 3.45. The second-order valence-electron chi connectivity index (χ2n) is 4.51. The maximum Gasteiger partial charge on any atom is 0.136 e. The van der Waals surface area contributed by atoms with E-state index in [1.165, 1.54) is 32.1 Å². The van der Waals surface area contributed by atoms with E-state index in [0.29, 0.717) is 17.6 Å². The molecule has 0 radical (unpaired) electrons. The standard InChI is InChI=1S/C11H19NO/c13-11(10-4-1-5-10)7-9-3-2-6-12-8-9/h9-10,12H,1-8H2. The van der Waals surface area contributed by atoms with Gasteiger partial charge in [0.05, 0.1) is 0 Å². The predicted molar refractivity (Wildman–Crippen MR) is 52.6 cm³/mol. The molecule has 1 aliphatic heterocycles. The van der Waals surface area contributed by atoms with Crippen LogP contribution in [0.3, 0.4) is 0 Å². The van der Waals surface area contributed by atoms with Crippen molar-refractivity contribution in [1.82, 2.24) is 5.32 Å². The Kier molecular flexibility index (Phi) is 2.99. The van der Waals surface area contributed by atoms with Crippen molar-refractivity contribution in [3.63, 3.8) is 0 Å². The Hall–Kier alpha value is -0.370. The molecule has 0 amide bonds. The number of piperidine rings is 1. The van der Waals surface area contributed by atoms with Crippen molar-refractivity contribution >= 4 is 5.78 Å². The van der Waals surface area contributed by atoms with Crippen molar-refractivity contribution in [2.24, 2.45) is 11.8 Å². The Morgan fingerprint density at radius 2 is 2.08 bits per heavy atom. The van der Waals surface area contributed by atoms with Crippen LogP contribution in [-0.4, -0.2) is 18.9 Å². The molecule has 1 aliphatic carbocycles. The van der Waals surface area contributed by atoms with Gasteiger partial charge in [-0.15, -0.1) is 0 Å². The van der Waals surface area contributed by atoms with Gasteiger partial charge in [0, 0.05) is 12.3 Å². The number of Topliss-reactive ketones (excluding diaryl/α,β-unsaturated/α-hetero) is 1. The number of carbonyl (C=O) groups is 1. The van der Waals surface area contributed by atoms with Gasteiger partial charge in [0.2, 0.25) is 0 Å². The first kappa shape index (κ1) is 9.20. The fraction of sp³-hybridized carbons (Fsp3) is 0.909. The van der Waals surface area contributed by atoms with E-state index in [4.69, 9.17) is 0 Å². The highest BCUT2D eigenvalue weighted by atomic mass is 16.1. The molecule has 0 aromatic heterocycles. The monoisotopic (exact) mass is 181 g/mol.